The summed E-state index contributed by atoms with van der Waals surface area (Å²) < 4.78 is 13.8. The lowest BCUT2D eigenvalue weighted by molar-refractivity contribution is 0.627. The zero-order valence-corrected chi connectivity index (χ0v) is 10.5. The summed E-state index contributed by atoms with van der Waals surface area (Å²) in [5.41, 5.74) is 6.82. The van der Waals surface area contributed by atoms with Crippen LogP contribution in [0, 0.1) is 17.1 Å². The van der Waals surface area contributed by atoms with Gasteiger partial charge in [-0.05, 0) is 30.4 Å². The van der Waals surface area contributed by atoms with Gasteiger partial charge in [0.25, 0.3) is 0 Å². The molecule has 0 bridgehead atoms. The van der Waals surface area contributed by atoms with Crippen molar-refractivity contribution < 1.29 is 4.39 Å². The Hall–Kier alpha value is -1.86. The summed E-state index contributed by atoms with van der Waals surface area (Å²) in [7, 11) is 0. The minimum absolute atomic E-state index is 0.325. The zero-order valence-electron chi connectivity index (χ0n) is 8.95. The summed E-state index contributed by atoms with van der Waals surface area (Å²) in [6, 6.07) is 5.83. The van der Waals surface area contributed by atoms with E-state index >= 15 is 0 Å². The quantitative estimate of drug-likeness (QED) is 0.868. The van der Waals surface area contributed by atoms with E-state index in [-0.39, 0.29) is 0 Å². The van der Waals surface area contributed by atoms with Gasteiger partial charge in [-0.15, -0.1) is 0 Å². The smallest absolute Gasteiger partial charge is 0.123 e. The van der Waals surface area contributed by atoms with E-state index < -0.39 is 5.82 Å². The Kier molecular flexibility index (Phi) is 4.68. The molecule has 0 fully saturated rings. The average molecular weight is 293 g/mol. The highest BCUT2D eigenvalue weighted by Crippen LogP contribution is 2.16. The van der Waals surface area contributed by atoms with E-state index in [9.17, 15) is 4.39 Å². The van der Waals surface area contributed by atoms with Crippen LogP contribution in [0.5, 0.6) is 0 Å². The van der Waals surface area contributed by atoms with Gasteiger partial charge in [0, 0.05) is 15.7 Å². The summed E-state index contributed by atoms with van der Waals surface area (Å²) >= 11 is 3.16. The molecule has 0 saturated carbocycles. The molecule has 1 aromatic carbocycles. The average Bonchev–Trinajstić information content (AvgIpc) is 2.28. The van der Waals surface area contributed by atoms with Gasteiger partial charge in [-0.25, -0.2) is 4.39 Å². The molecule has 0 saturated heterocycles. The Morgan fingerprint density at radius 1 is 1.53 bits per heavy atom. The topological polar surface area (TPSA) is 49.8 Å². The van der Waals surface area contributed by atoms with Crippen molar-refractivity contribution in [2.75, 3.05) is 0 Å². The van der Waals surface area contributed by atoms with Crippen molar-refractivity contribution in [3.63, 3.8) is 0 Å². The van der Waals surface area contributed by atoms with Crippen molar-refractivity contribution in [2.45, 2.75) is 0 Å². The van der Waals surface area contributed by atoms with Crippen LogP contribution in [0.3, 0.4) is 0 Å². The first kappa shape index (κ1) is 13.2. The summed E-state index contributed by atoms with van der Waals surface area (Å²) in [6.45, 7) is 3.62. The third-order valence-electron chi connectivity index (χ3n) is 1.97. The van der Waals surface area contributed by atoms with Gasteiger partial charge >= 0.3 is 0 Å². The molecule has 0 atom stereocenters. The second-order valence-electron chi connectivity index (χ2n) is 3.23. The number of hydrogen-bond donors (Lipinski definition) is 1. The number of rotatable bonds is 3. The number of benzene rings is 1. The fourth-order valence-electron chi connectivity index (χ4n) is 1.20. The van der Waals surface area contributed by atoms with E-state index in [2.05, 4.69) is 22.5 Å². The van der Waals surface area contributed by atoms with Gasteiger partial charge in [0.15, 0.2) is 0 Å². The Bertz CT molecular complexity index is 539. The molecule has 86 valence electrons. The minimum atomic E-state index is -0.427. The fourth-order valence-corrected chi connectivity index (χ4v) is 1.35. The lowest BCUT2D eigenvalue weighted by atomic mass is 10.1. The van der Waals surface area contributed by atoms with Gasteiger partial charge in [0.2, 0.25) is 0 Å². The summed E-state index contributed by atoms with van der Waals surface area (Å²) in [5.74, 6) is -0.427. The SMILES string of the molecule is C=C(Br)/C=C\C=C(/N)c1cc(F)ccc1C#N. The van der Waals surface area contributed by atoms with Gasteiger partial charge in [0.1, 0.15) is 5.82 Å². The standard InChI is InChI=1S/C13H10BrFN2/c1-9(14)3-2-4-13(17)12-7-11(15)6-5-10(12)8-16/h2-7H,1,17H2/b3-2-,13-4-. The monoisotopic (exact) mass is 292 g/mol. The van der Waals surface area contributed by atoms with Crippen LogP contribution in [0.2, 0.25) is 0 Å². The maximum absolute atomic E-state index is 13.1. The number of nitriles is 1. The van der Waals surface area contributed by atoms with E-state index in [1.165, 1.54) is 18.2 Å². The first-order chi connectivity index (χ1) is 8.04. The number of hydrogen-bond acceptors (Lipinski definition) is 2. The molecule has 0 amide bonds. The predicted molar refractivity (Wildman–Crippen MR) is 70.5 cm³/mol. The van der Waals surface area contributed by atoms with Crippen molar-refractivity contribution in [1.82, 2.24) is 0 Å². The van der Waals surface area contributed by atoms with Gasteiger partial charge in [0.05, 0.1) is 11.6 Å². The van der Waals surface area contributed by atoms with Gasteiger partial charge < -0.3 is 5.73 Å². The molecule has 1 aromatic rings. The molecule has 0 aromatic heterocycles. The fraction of sp³-hybridized carbons (Fsp3) is 0. The van der Waals surface area contributed by atoms with E-state index in [1.54, 1.807) is 18.2 Å². The van der Waals surface area contributed by atoms with Crippen LogP contribution in [0.25, 0.3) is 5.70 Å². The Morgan fingerprint density at radius 2 is 2.24 bits per heavy atom. The minimum Gasteiger partial charge on any atom is -0.398 e. The van der Waals surface area contributed by atoms with Gasteiger partial charge in [-0.3, -0.25) is 0 Å². The summed E-state index contributed by atoms with van der Waals surface area (Å²) in [5, 5.41) is 8.88. The molecule has 0 unspecified atom stereocenters. The zero-order chi connectivity index (χ0) is 12.8. The second kappa shape index (κ2) is 6.02. The number of halogens is 2. The van der Waals surface area contributed by atoms with Crippen molar-refractivity contribution in [3.05, 3.63) is 64.4 Å². The predicted octanol–water partition coefficient (Wildman–Crippen LogP) is 3.46. The Balaban J connectivity index is 3.11. The van der Waals surface area contributed by atoms with Crippen molar-refractivity contribution in [1.29, 1.82) is 5.26 Å². The van der Waals surface area contributed by atoms with Crippen LogP contribution >= 0.6 is 15.9 Å². The van der Waals surface area contributed by atoms with Crippen molar-refractivity contribution in [2.24, 2.45) is 5.73 Å². The number of nitrogens with two attached hydrogens (primary N) is 1. The van der Waals surface area contributed by atoms with Crippen LogP contribution in [-0.4, -0.2) is 0 Å². The lowest BCUT2D eigenvalue weighted by Crippen LogP contribution is -1.99. The highest BCUT2D eigenvalue weighted by molar-refractivity contribution is 9.11. The first-order valence-electron chi connectivity index (χ1n) is 4.73. The maximum Gasteiger partial charge on any atom is 0.123 e. The molecular formula is C13H10BrFN2. The van der Waals surface area contributed by atoms with Crippen LogP contribution in [-0.2, 0) is 0 Å². The third-order valence-corrected chi connectivity index (χ3v) is 2.23. The molecule has 17 heavy (non-hydrogen) atoms. The van der Waals surface area contributed by atoms with E-state index in [1.807, 2.05) is 6.07 Å². The summed E-state index contributed by atoms with van der Waals surface area (Å²) in [6.07, 6.45) is 4.94. The molecular weight excluding hydrogens is 283 g/mol. The molecule has 4 heteroatoms. The lowest BCUT2D eigenvalue weighted by Gasteiger charge is -2.03. The van der Waals surface area contributed by atoms with Crippen LogP contribution in [0.4, 0.5) is 4.39 Å². The third kappa shape index (κ3) is 3.89. The van der Waals surface area contributed by atoms with E-state index in [4.69, 9.17) is 11.0 Å². The molecule has 0 aliphatic rings. The Labute approximate surface area is 108 Å². The largest absolute Gasteiger partial charge is 0.398 e. The molecule has 0 spiro atoms. The molecule has 0 aliphatic heterocycles. The Morgan fingerprint density at radius 3 is 2.82 bits per heavy atom. The molecule has 1 rings (SSSR count). The first-order valence-corrected chi connectivity index (χ1v) is 5.52. The molecule has 2 nitrogen and oxygen atoms in total. The molecule has 0 aliphatic carbocycles. The van der Waals surface area contributed by atoms with Gasteiger partial charge in [-0.1, -0.05) is 28.6 Å². The van der Waals surface area contributed by atoms with Crippen LogP contribution in [0.15, 0.2) is 47.5 Å². The van der Waals surface area contributed by atoms with Crippen LogP contribution in [0.1, 0.15) is 11.1 Å². The number of nitrogens with zero attached hydrogens (tertiary/aromatic N) is 1. The molecule has 0 radical (unpaired) electrons. The summed E-state index contributed by atoms with van der Waals surface area (Å²) in [4.78, 5) is 0. The van der Waals surface area contributed by atoms with Gasteiger partial charge in [-0.2, -0.15) is 5.26 Å². The van der Waals surface area contributed by atoms with E-state index in [0.29, 0.717) is 21.3 Å². The second-order valence-corrected chi connectivity index (χ2v) is 4.25. The van der Waals surface area contributed by atoms with E-state index in [0.717, 1.165) is 0 Å². The normalized spacial score (nSPS) is 11.5. The maximum atomic E-state index is 13.1. The molecule has 0 heterocycles. The van der Waals surface area contributed by atoms with Crippen LogP contribution < -0.4 is 5.73 Å². The van der Waals surface area contributed by atoms with Crippen molar-refractivity contribution >= 4 is 21.6 Å². The highest BCUT2D eigenvalue weighted by atomic mass is 79.9. The highest BCUT2D eigenvalue weighted by Gasteiger charge is 2.05. The number of allylic oxidation sites excluding steroid dienone is 4. The molecule has 2 N–H and O–H groups in total. The van der Waals surface area contributed by atoms with Crippen molar-refractivity contribution in [3.8, 4) is 6.07 Å².